The highest BCUT2D eigenvalue weighted by atomic mass is 14.3. The van der Waals surface area contributed by atoms with Crippen LogP contribution in [0.4, 0.5) is 0 Å². The van der Waals surface area contributed by atoms with Gasteiger partial charge in [0.05, 0.1) is 0 Å². The molecule has 0 amide bonds. The van der Waals surface area contributed by atoms with Crippen LogP contribution in [0.5, 0.6) is 0 Å². The molecule has 0 aliphatic heterocycles. The lowest BCUT2D eigenvalue weighted by Crippen LogP contribution is -1.74. The molecule has 0 aromatic carbocycles. The number of hydrogen-bond donors (Lipinski definition) is 1. The lowest BCUT2D eigenvalue weighted by molar-refractivity contribution is 0.885. The summed E-state index contributed by atoms with van der Waals surface area (Å²) in [7, 11) is 0. The van der Waals surface area contributed by atoms with Gasteiger partial charge in [-0.3, -0.25) is 0 Å². The second-order valence-electron chi connectivity index (χ2n) is 1.52. The van der Waals surface area contributed by atoms with Crippen LogP contribution in [0.2, 0.25) is 0 Å². The van der Waals surface area contributed by atoms with Crippen molar-refractivity contribution in [3.8, 4) is 0 Å². The third kappa shape index (κ3) is 5.67. The summed E-state index contributed by atoms with van der Waals surface area (Å²) < 4.78 is 0. The molecule has 0 aliphatic rings. The molecule has 0 atom stereocenters. The molecule has 0 aromatic rings. The predicted molar refractivity (Wildman–Crippen MR) is 32.6 cm³/mol. The second kappa shape index (κ2) is 5.67. The molecule has 0 saturated heterocycles. The molecular weight excluding hydrogens is 86.1 g/mol. The first-order valence-electron chi connectivity index (χ1n) is 2.72. The SMILES string of the molecule is CCC[CH]CC=N. The maximum absolute atomic E-state index is 6.62. The molecule has 0 heterocycles. The molecule has 0 rings (SSSR count). The van der Waals surface area contributed by atoms with E-state index >= 15 is 0 Å². The van der Waals surface area contributed by atoms with Crippen molar-refractivity contribution in [1.29, 1.82) is 5.41 Å². The van der Waals surface area contributed by atoms with Gasteiger partial charge >= 0.3 is 0 Å². The fraction of sp³-hybridized carbons (Fsp3) is 0.667. The zero-order valence-corrected chi connectivity index (χ0v) is 4.78. The van der Waals surface area contributed by atoms with Crippen LogP contribution in [-0.4, -0.2) is 6.21 Å². The fourth-order valence-corrected chi connectivity index (χ4v) is 0.405. The zero-order valence-electron chi connectivity index (χ0n) is 4.78. The Morgan fingerprint density at radius 1 is 1.57 bits per heavy atom. The Kier molecular flexibility index (Phi) is 5.40. The smallest absolute Gasteiger partial charge is 0.00449 e. The highest BCUT2D eigenvalue weighted by Crippen LogP contribution is 1.93. The van der Waals surface area contributed by atoms with Gasteiger partial charge in [-0.25, -0.2) is 0 Å². The van der Waals surface area contributed by atoms with E-state index in [0.29, 0.717) is 0 Å². The van der Waals surface area contributed by atoms with Crippen LogP contribution in [-0.2, 0) is 0 Å². The Bertz CT molecular complexity index is 41.4. The van der Waals surface area contributed by atoms with Gasteiger partial charge < -0.3 is 5.41 Å². The average molecular weight is 98.2 g/mol. The van der Waals surface area contributed by atoms with Crippen molar-refractivity contribution in [3.63, 3.8) is 0 Å². The van der Waals surface area contributed by atoms with E-state index in [1.54, 1.807) is 0 Å². The van der Waals surface area contributed by atoms with E-state index in [1.807, 2.05) is 0 Å². The minimum atomic E-state index is 0.841. The van der Waals surface area contributed by atoms with E-state index in [-0.39, 0.29) is 0 Å². The minimum Gasteiger partial charge on any atom is -0.313 e. The number of nitrogens with one attached hydrogen (secondary N) is 1. The lowest BCUT2D eigenvalue weighted by Gasteiger charge is -1.86. The van der Waals surface area contributed by atoms with E-state index in [2.05, 4.69) is 13.3 Å². The Balaban J connectivity index is 2.56. The largest absolute Gasteiger partial charge is 0.313 e. The summed E-state index contributed by atoms with van der Waals surface area (Å²) in [5.74, 6) is 0. The number of hydrogen-bond acceptors (Lipinski definition) is 1. The summed E-state index contributed by atoms with van der Waals surface area (Å²) in [5.41, 5.74) is 0. The standard InChI is InChI=1S/C6H12N/c1-2-3-4-5-6-7/h4,6-7H,2-3,5H2,1H3. The van der Waals surface area contributed by atoms with Crippen LogP contribution in [0.3, 0.4) is 0 Å². The molecule has 0 saturated carbocycles. The van der Waals surface area contributed by atoms with Gasteiger partial charge in [0.15, 0.2) is 0 Å². The van der Waals surface area contributed by atoms with Crippen LogP contribution in [0.25, 0.3) is 0 Å². The highest BCUT2D eigenvalue weighted by molar-refractivity contribution is 5.54. The van der Waals surface area contributed by atoms with Crippen molar-refractivity contribution >= 4 is 6.21 Å². The Morgan fingerprint density at radius 3 is 2.71 bits per heavy atom. The first kappa shape index (κ1) is 6.67. The first-order chi connectivity index (χ1) is 3.41. The summed E-state index contributed by atoms with van der Waals surface area (Å²) in [6, 6.07) is 0. The molecular formula is C6H12N. The number of unbranched alkanes of at least 4 members (excludes halogenated alkanes) is 3. The van der Waals surface area contributed by atoms with Crippen molar-refractivity contribution in [2.24, 2.45) is 0 Å². The molecule has 0 fully saturated rings. The fourth-order valence-electron chi connectivity index (χ4n) is 0.405. The van der Waals surface area contributed by atoms with Crippen molar-refractivity contribution in [1.82, 2.24) is 0 Å². The molecule has 41 valence electrons. The molecule has 0 bridgehead atoms. The molecule has 1 N–H and O–H groups in total. The van der Waals surface area contributed by atoms with Gasteiger partial charge in [-0.15, -0.1) is 0 Å². The van der Waals surface area contributed by atoms with Crippen LogP contribution >= 0.6 is 0 Å². The normalized spacial score (nSPS) is 8.71. The Hall–Kier alpha value is -0.330. The van der Waals surface area contributed by atoms with Gasteiger partial charge in [0.1, 0.15) is 0 Å². The molecule has 1 radical (unpaired) electrons. The van der Waals surface area contributed by atoms with Crippen LogP contribution in [0, 0.1) is 11.8 Å². The summed E-state index contributed by atoms with van der Waals surface area (Å²) in [6.07, 6.45) is 6.74. The summed E-state index contributed by atoms with van der Waals surface area (Å²) in [5, 5.41) is 6.62. The van der Waals surface area contributed by atoms with Crippen LogP contribution in [0.15, 0.2) is 0 Å². The van der Waals surface area contributed by atoms with Gasteiger partial charge in [-0.2, -0.15) is 0 Å². The quantitative estimate of drug-likeness (QED) is 0.411. The molecule has 0 aliphatic carbocycles. The summed E-state index contributed by atoms with van der Waals surface area (Å²) >= 11 is 0. The second-order valence-corrected chi connectivity index (χ2v) is 1.52. The molecule has 1 heteroatoms. The monoisotopic (exact) mass is 98.1 g/mol. The third-order valence-corrected chi connectivity index (χ3v) is 0.777. The van der Waals surface area contributed by atoms with Gasteiger partial charge in [0.2, 0.25) is 0 Å². The summed E-state index contributed by atoms with van der Waals surface area (Å²) in [6.45, 7) is 2.14. The number of rotatable bonds is 4. The van der Waals surface area contributed by atoms with Crippen LogP contribution < -0.4 is 0 Å². The summed E-state index contributed by atoms with van der Waals surface area (Å²) in [4.78, 5) is 0. The van der Waals surface area contributed by atoms with E-state index in [4.69, 9.17) is 5.41 Å². The molecule has 0 unspecified atom stereocenters. The lowest BCUT2D eigenvalue weighted by atomic mass is 10.2. The third-order valence-electron chi connectivity index (χ3n) is 0.777. The zero-order chi connectivity index (χ0) is 5.54. The Morgan fingerprint density at radius 2 is 2.29 bits per heavy atom. The molecule has 7 heavy (non-hydrogen) atoms. The molecule has 0 spiro atoms. The van der Waals surface area contributed by atoms with Crippen molar-refractivity contribution in [3.05, 3.63) is 6.42 Å². The van der Waals surface area contributed by atoms with E-state index in [0.717, 1.165) is 12.8 Å². The van der Waals surface area contributed by atoms with Crippen molar-refractivity contribution < 1.29 is 0 Å². The first-order valence-corrected chi connectivity index (χ1v) is 2.72. The van der Waals surface area contributed by atoms with Gasteiger partial charge in [0, 0.05) is 0 Å². The molecule has 1 nitrogen and oxygen atoms in total. The van der Waals surface area contributed by atoms with Crippen molar-refractivity contribution in [2.75, 3.05) is 0 Å². The Labute approximate surface area is 45.2 Å². The van der Waals surface area contributed by atoms with E-state index < -0.39 is 0 Å². The predicted octanol–water partition coefficient (Wildman–Crippen LogP) is 2.03. The average Bonchev–Trinajstić information content (AvgIpc) is 1.69. The highest BCUT2D eigenvalue weighted by Gasteiger charge is 1.78. The van der Waals surface area contributed by atoms with Gasteiger partial charge in [0.25, 0.3) is 0 Å². The van der Waals surface area contributed by atoms with E-state index in [9.17, 15) is 0 Å². The van der Waals surface area contributed by atoms with Gasteiger partial charge in [-0.1, -0.05) is 19.8 Å². The topological polar surface area (TPSA) is 23.9 Å². The van der Waals surface area contributed by atoms with Crippen LogP contribution in [0.1, 0.15) is 26.2 Å². The maximum Gasteiger partial charge on any atom is -0.00449 e. The molecule has 0 aromatic heterocycles. The minimum absolute atomic E-state index is 0.841. The van der Waals surface area contributed by atoms with Crippen molar-refractivity contribution in [2.45, 2.75) is 26.2 Å². The van der Waals surface area contributed by atoms with E-state index in [1.165, 1.54) is 12.6 Å². The maximum atomic E-state index is 6.62. The van der Waals surface area contributed by atoms with Gasteiger partial charge in [-0.05, 0) is 19.1 Å².